The molecule has 1 aliphatic carbocycles. The number of hydrazine groups is 1. The van der Waals surface area contributed by atoms with Gasteiger partial charge in [-0.3, -0.25) is 10.1 Å². The minimum absolute atomic E-state index is 0.0586. The first kappa shape index (κ1) is 14.1. The maximum atomic E-state index is 11.2. The molecule has 21 heavy (non-hydrogen) atoms. The van der Waals surface area contributed by atoms with Crippen LogP contribution in [0, 0.1) is 22.0 Å². The number of nitrogens with one attached hydrogen (secondary N) is 1. The van der Waals surface area contributed by atoms with Crippen molar-refractivity contribution >= 4 is 17.3 Å². The number of piperidine rings is 1. The van der Waals surface area contributed by atoms with Gasteiger partial charge in [0.15, 0.2) is 0 Å². The first-order chi connectivity index (χ1) is 10.2. The highest BCUT2D eigenvalue weighted by Crippen LogP contribution is 2.39. The summed E-state index contributed by atoms with van der Waals surface area (Å²) in [5, 5.41) is 11.2. The highest BCUT2D eigenvalue weighted by atomic mass is 16.6. The SMILES string of the molecule is NNc1ccc([N+](=O)[O-])c(N2CCC3CCCCC3C2)n1. The van der Waals surface area contributed by atoms with Crippen molar-refractivity contribution in [3.8, 4) is 0 Å². The van der Waals surface area contributed by atoms with Crippen LogP contribution in [0.15, 0.2) is 12.1 Å². The van der Waals surface area contributed by atoms with Crippen LogP contribution in [-0.4, -0.2) is 23.0 Å². The third-order valence-corrected chi connectivity index (χ3v) is 4.79. The Bertz CT molecular complexity index is 536. The first-order valence-corrected chi connectivity index (χ1v) is 7.56. The maximum absolute atomic E-state index is 11.2. The molecule has 2 aliphatic rings. The predicted octanol–water partition coefficient (Wildman–Crippen LogP) is 2.29. The summed E-state index contributed by atoms with van der Waals surface area (Å²) in [6.07, 6.45) is 6.23. The van der Waals surface area contributed by atoms with Crippen LogP contribution < -0.4 is 16.2 Å². The first-order valence-electron chi connectivity index (χ1n) is 7.56. The second-order valence-corrected chi connectivity index (χ2v) is 5.98. The van der Waals surface area contributed by atoms with E-state index in [4.69, 9.17) is 5.84 Å². The second kappa shape index (κ2) is 5.85. The van der Waals surface area contributed by atoms with Crippen molar-refractivity contribution in [2.45, 2.75) is 32.1 Å². The molecule has 0 aromatic carbocycles. The van der Waals surface area contributed by atoms with Crippen LogP contribution in [0.2, 0.25) is 0 Å². The van der Waals surface area contributed by atoms with Crippen LogP contribution in [-0.2, 0) is 0 Å². The molecular weight excluding hydrogens is 270 g/mol. The number of aromatic nitrogens is 1. The van der Waals surface area contributed by atoms with E-state index < -0.39 is 0 Å². The summed E-state index contributed by atoms with van der Waals surface area (Å²) in [5.74, 6) is 7.71. The number of anilines is 2. The molecule has 0 spiro atoms. The summed E-state index contributed by atoms with van der Waals surface area (Å²) >= 11 is 0. The molecular formula is C14H21N5O2. The largest absolute Gasteiger partial charge is 0.351 e. The summed E-state index contributed by atoms with van der Waals surface area (Å²) in [6.45, 7) is 1.70. The third kappa shape index (κ3) is 2.78. The number of nitrogens with zero attached hydrogens (tertiary/aromatic N) is 3. The molecule has 7 nitrogen and oxygen atoms in total. The highest BCUT2D eigenvalue weighted by Gasteiger charge is 2.34. The van der Waals surface area contributed by atoms with Gasteiger partial charge in [0, 0.05) is 19.2 Å². The van der Waals surface area contributed by atoms with Crippen LogP contribution in [0.25, 0.3) is 0 Å². The lowest BCUT2D eigenvalue weighted by molar-refractivity contribution is -0.384. The van der Waals surface area contributed by atoms with Gasteiger partial charge in [0.1, 0.15) is 5.82 Å². The number of nitrogen functional groups attached to an aromatic ring is 1. The Kier molecular flexibility index (Phi) is 3.92. The topological polar surface area (TPSA) is 97.3 Å². The molecule has 1 aromatic heterocycles. The predicted molar refractivity (Wildman–Crippen MR) is 81.0 cm³/mol. The molecule has 2 unspecified atom stereocenters. The molecule has 1 saturated heterocycles. The molecule has 1 aliphatic heterocycles. The lowest BCUT2D eigenvalue weighted by atomic mass is 9.75. The molecule has 0 bridgehead atoms. The average molecular weight is 291 g/mol. The highest BCUT2D eigenvalue weighted by molar-refractivity contribution is 5.61. The van der Waals surface area contributed by atoms with Crippen LogP contribution in [0.4, 0.5) is 17.3 Å². The number of fused-ring (bicyclic) bond motifs is 1. The number of nitrogens with two attached hydrogens (primary N) is 1. The van der Waals surface area contributed by atoms with Crippen molar-refractivity contribution in [2.75, 3.05) is 23.4 Å². The van der Waals surface area contributed by atoms with Crippen molar-refractivity contribution in [3.63, 3.8) is 0 Å². The summed E-state index contributed by atoms with van der Waals surface area (Å²) in [6, 6.07) is 3.01. The fourth-order valence-corrected chi connectivity index (χ4v) is 3.69. The molecule has 2 fully saturated rings. The average Bonchev–Trinajstić information content (AvgIpc) is 2.53. The van der Waals surface area contributed by atoms with E-state index in [1.807, 2.05) is 0 Å². The van der Waals surface area contributed by atoms with Crippen molar-refractivity contribution in [1.29, 1.82) is 0 Å². The van der Waals surface area contributed by atoms with Crippen LogP contribution >= 0.6 is 0 Å². The molecule has 1 aromatic rings. The molecule has 0 radical (unpaired) electrons. The summed E-state index contributed by atoms with van der Waals surface area (Å²) in [5.41, 5.74) is 2.53. The Balaban J connectivity index is 1.86. The fourth-order valence-electron chi connectivity index (χ4n) is 3.69. The van der Waals surface area contributed by atoms with Crippen molar-refractivity contribution in [2.24, 2.45) is 17.7 Å². The monoisotopic (exact) mass is 291 g/mol. The number of hydrogen-bond donors (Lipinski definition) is 2. The molecule has 3 rings (SSSR count). The molecule has 2 atom stereocenters. The Labute approximate surface area is 123 Å². The summed E-state index contributed by atoms with van der Waals surface area (Å²) in [7, 11) is 0. The Hall–Kier alpha value is -1.89. The molecule has 7 heteroatoms. The zero-order chi connectivity index (χ0) is 14.8. The summed E-state index contributed by atoms with van der Waals surface area (Å²) in [4.78, 5) is 17.3. The van der Waals surface area contributed by atoms with E-state index in [1.165, 1.54) is 37.8 Å². The molecule has 3 N–H and O–H groups in total. The number of pyridine rings is 1. The fraction of sp³-hybridized carbons (Fsp3) is 0.643. The van der Waals surface area contributed by atoms with Crippen molar-refractivity contribution in [1.82, 2.24) is 4.98 Å². The van der Waals surface area contributed by atoms with Gasteiger partial charge >= 0.3 is 5.69 Å². The van der Waals surface area contributed by atoms with Gasteiger partial charge in [-0.05, 0) is 30.7 Å². The summed E-state index contributed by atoms with van der Waals surface area (Å²) < 4.78 is 0. The quantitative estimate of drug-likeness (QED) is 0.504. The van der Waals surface area contributed by atoms with E-state index in [1.54, 1.807) is 0 Å². The van der Waals surface area contributed by atoms with E-state index in [0.717, 1.165) is 25.4 Å². The Morgan fingerprint density at radius 1 is 1.29 bits per heavy atom. The van der Waals surface area contributed by atoms with Crippen LogP contribution in [0.1, 0.15) is 32.1 Å². The van der Waals surface area contributed by atoms with Gasteiger partial charge in [-0.15, -0.1) is 0 Å². The number of rotatable bonds is 3. The van der Waals surface area contributed by atoms with E-state index in [-0.39, 0.29) is 10.6 Å². The van der Waals surface area contributed by atoms with Gasteiger partial charge < -0.3 is 10.3 Å². The normalized spacial score (nSPS) is 25.3. The lowest BCUT2D eigenvalue weighted by Gasteiger charge is -2.41. The minimum atomic E-state index is -0.365. The zero-order valence-corrected chi connectivity index (χ0v) is 12.0. The lowest BCUT2D eigenvalue weighted by Crippen LogP contribution is -2.42. The molecule has 114 valence electrons. The van der Waals surface area contributed by atoms with E-state index >= 15 is 0 Å². The molecule has 0 amide bonds. The number of nitro groups is 1. The van der Waals surface area contributed by atoms with Gasteiger partial charge in [0.25, 0.3) is 0 Å². The van der Waals surface area contributed by atoms with Gasteiger partial charge in [-0.25, -0.2) is 10.8 Å². The van der Waals surface area contributed by atoms with Gasteiger partial charge in [0.05, 0.1) is 4.92 Å². The van der Waals surface area contributed by atoms with Gasteiger partial charge in [-0.2, -0.15) is 0 Å². The number of hydrogen-bond acceptors (Lipinski definition) is 6. The molecule has 1 saturated carbocycles. The van der Waals surface area contributed by atoms with Crippen LogP contribution in [0.3, 0.4) is 0 Å². The third-order valence-electron chi connectivity index (χ3n) is 4.79. The second-order valence-electron chi connectivity index (χ2n) is 5.98. The zero-order valence-electron chi connectivity index (χ0n) is 12.0. The van der Waals surface area contributed by atoms with E-state index in [9.17, 15) is 10.1 Å². The standard InChI is InChI=1S/C14H21N5O2/c15-17-13-6-5-12(19(20)21)14(16-13)18-8-7-10-3-1-2-4-11(10)9-18/h5-6,10-11H,1-4,7-9,15H2,(H,16,17). The van der Waals surface area contributed by atoms with Gasteiger partial charge in [0.2, 0.25) is 5.82 Å². The van der Waals surface area contributed by atoms with Gasteiger partial charge in [-0.1, -0.05) is 19.3 Å². The minimum Gasteiger partial charge on any atom is -0.351 e. The molecule has 2 heterocycles. The van der Waals surface area contributed by atoms with Crippen molar-refractivity contribution < 1.29 is 4.92 Å². The van der Waals surface area contributed by atoms with Crippen LogP contribution in [0.5, 0.6) is 0 Å². The maximum Gasteiger partial charge on any atom is 0.311 e. The van der Waals surface area contributed by atoms with E-state index in [2.05, 4.69) is 15.3 Å². The smallest absolute Gasteiger partial charge is 0.311 e. The van der Waals surface area contributed by atoms with Crippen molar-refractivity contribution in [3.05, 3.63) is 22.2 Å². The van der Waals surface area contributed by atoms with E-state index in [0.29, 0.717) is 17.6 Å². The Morgan fingerprint density at radius 3 is 2.76 bits per heavy atom. The Morgan fingerprint density at radius 2 is 2.05 bits per heavy atom.